The van der Waals surface area contributed by atoms with Crippen LogP contribution in [-0.4, -0.2) is 22.4 Å². The number of aliphatic hydroxyl groups excluding tert-OH is 1. The van der Waals surface area contributed by atoms with Gasteiger partial charge in [-0.2, -0.15) is 0 Å². The zero-order valence-electron chi connectivity index (χ0n) is 4.96. The fraction of sp³-hybridized carbons (Fsp3) is 0.200. The molecule has 0 aromatic carbocycles. The highest BCUT2D eigenvalue weighted by Crippen LogP contribution is 1.94. The average Bonchev–Trinajstić information content (AvgIpc) is 1.64. The molecule has 0 aliphatic carbocycles. The lowest BCUT2D eigenvalue weighted by molar-refractivity contribution is -0.133. The van der Waals surface area contributed by atoms with Crippen LogP contribution in [0.5, 0.6) is 0 Å². The molecule has 4 N–H and O–H groups in total. The van der Waals surface area contributed by atoms with Crippen molar-refractivity contribution >= 4 is 12.2 Å². The summed E-state index contributed by atoms with van der Waals surface area (Å²) in [5, 5.41) is 21.6. The Hall–Kier alpha value is -1.32. The molecule has 0 saturated carbocycles. The zero-order valence-corrected chi connectivity index (χ0v) is 4.96. The first-order valence-corrected chi connectivity index (χ1v) is 2.27. The van der Waals surface area contributed by atoms with Gasteiger partial charge in [-0.15, -0.1) is 0 Å². The second kappa shape index (κ2) is 2.86. The maximum atomic E-state index is 10.0. The number of hydrogen-bond donors (Lipinski definition) is 3. The molecule has 50 valence electrons. The monoisotopic (exact) mass is 130 g/mol. The normalized spacial score (nSPS) is 12.1. The van der Waals surface area contributed by atoms with Gasteiger partial charge in [0.1, 0.15) is 5.76 Å². The number of aliphatic hydroxyl groups is 1. The van der Waals surface area contributed by atoms with Crippen molar-refractivity contribution in [1.29, 1.82) is 0 Å². The highest BCUT2D eigenvalue weighted by Gasteiger charge is 2.09. The summed E-state index contributed by atoms with van der Waals surface area (Å²) in [7, 11) is 0. The van der Waals surface area contributed by atoms with Gasteiger partial charge in [0, 0.05) is 0 Å². The van der Waals surface area contributed by atoms with Gasteiger partial charge in [0.15, 0.2) is 11.8 Å². The highest BCUT2D eigenvalue weighted by molar-refractivity contribution is 6.06. The molecule has 0 aliphatic heterocycles. The van der Waals surface area contributed by atoms with Crippen molar-refractivity contribution in [2.45, 2.75) is 6.92 Å². The average molecular weight is 130 g/mol. The van der Waals surface area contributed by atoms with E-state index < -0.39 is 5.97 Å². The van der Waals surface area contributed by atoms with E-state index in [2.05, 4.69) is 0 Å². The fourth-order valence-electron chi connectivity index (χ4n) is 0.347. The minimum absolute atomic E-state index is 0.269. The number of carboxylic acids is 1. The Bertz CT molecular complexity index is 167. The Labute approximate surface area is 51.9 Å². The highest BCUT2D eigenvalue weighted by atomic mass is 16.4. The number of aliphatic carboxylic acids is 1. The molecule has 0 aromatic heterocycles. The van der Waals surface area contributed by atoms with Crippen molar-refractivity contribution in [3.8, 4) is 0 Å². The van der Waals surface area contributed by atoms with Crippen molar-refractivity contribution in [3.63, 3.8) is 0 Å². The van der Waals surface area contributed by atoms with Gasteiger partial charge >= 0.3 is 5.97 Å². The number of carbonyl (C=O) groups is 1. The van der Waals surface area contributed by atoms with Crippen LogP contribution in [0.4, 0.5) is 0 Å². The molecular formula is C5H8NO3+. The molecule has 9 heavy (non-hydrogen) atoms. The van der Waals surface area contributed by atoms with Crippen LogP contribution in [0.15, 0.2) is 11.3 Å². The Kier molecular flexibility index (Phi) is 2.44. The van der Waals surface area contributed by atoms with Gasteiger partial charge in [0.25, 0.3) is 0 Å². The number of rotatable bonds is 2. The summed E-state index contributed by atoms with van der Waals surface area (Å²) in [4.78, 5) is 10.0. The maximum Gasteiger partial charge on any atom is 0.345 e. The third kappa shape index (κ3) is 1.94. The SMILES string of the molecule is C/C(O)=C(/C=[NH2+])C(=O)O. The van der Waals surface area contributed by atoms with Crippen molar-refractivity contribution in [1.82, 2.24) is 0 Å². The molecule has 0 bridgehead atoms. The molecule has 4 heteroatoms. The summed E-state index contributed by atoms with van der Waals surface area (Å²) in [5.41, 5.74) is -0.269. The standard InChI is InChI=1S/C5H7NO3/c1-3(7)4(2-6)5(8)9/h2,6-7H,1H3,(H,8,9)/p+1/b4-3+,6-2?. The maximum absolute atomic E-state index is 10.0. The van der Waals surface area contributed by atoms with Crippen LogP contribution in [0, 0.1) is 0 Å². The number of nitrogens with two attached hydrogens (primary N) is 1. The van der Waals surface area contributed by atoms with E-state index in [1.165, 1.54) is 6.92 Å². The van der Waals surface area contributed by atoms with Gasteiger partial charge < -0.3 is 10.2 Å². The van der Waals surface area contributed by atoms with E-state index in [1.807, 2.05) is 0 Å². The van der Waals surface area contributed by atoms with E-state index in [0.29, 0.717) is 0 Å². The van der Waals surface area contributed by atoms with Crippen LogP contribution in [0.1, 0.15) is 6.92 Å². The predicted octanol–water partition coefficient (Wildman–Crippen LogP) is -1.27. The predicted molar refractivity (Wildman–Crippen MR) is 31.0 cm³/mol. The van der Waals surface area contributed by atoms with E-state index in [1.54, 1.807) is 0 Å². The summed E-state index contributed by atoms with van der Waals surface area (Å²) in [5.74, 6) is -1.51. The summed E-state index contributed by atoms with van der Waals surface area (Å²) in [6.45, 7) is 1.26. The summed E-state index contributed by atoms with van der Waals surface area (Å²) in [6, 6.07) is 0. The topological polar surface area (TPSA) is 83.1 Å². The molecule has 0 spiro atoms. The largest absolute Gasteiger partial charge is 0.511 e. The molecule has 0 heterocycles. The van der Waals surface area contributed by atoms with E-state index >= 15 is 0 Å². The first kappa shape index (κ1) is 7.68. The van der Waals surface area contributed by atoms with Crippen LogP contribution in [0.3, 0.4) is 0 Å². The lowest BCUT2D eigenvalue weighted by Gasteiger charge is -1.89. The molecule has 0 aromatic rings. The fourth-order valence-corrected chi connectivity index (χ4v) is 0.347. The van der Waals surface area contributed by atoms with Gasteiger partial charge in [-0.3, -0.25) is 5.41 Å². The number of hydrogen-bond acceptors (Lipinski definition) is 2. The van der Waals surface area contributed by atoms with E-state index in [0.717, 1.165) is 6.21 Å². The summed E-state index contributed by atoms with van der Waals surface area (Å²) in [6.07, 6.45) is 0.845. The van der Waals surface area contributed by atoms with Crippen LogP contribution in [0.2, 0.25) is 0 Å². The molecule has 0 aliphatic rings. The summed E-state index contributed by atoms with van der Waals surface area (Å²) >= 11 is 0. The first-order chi connectivity index (χ1) is 4.09. The minimum atomic E-state index is -1.22. The molecule has 0 rings (SSSR count). The van der Waals surface area contributed by atoms with Crippen molar-refractivity contribution < 1.29 is 20.4 Å². The van der Waals surface area contributed by atoms with E-state index in [-0.39, 0.29) is 11.3 Å². The van der Waals surface area contributed by atoms with Crippen LogP contribution >= 0.6 is 0 Å². The lowest BCUT2D eigenvalue weighted by Crippen LogP contribution is -2.32. The quantitative estimate of drug-likeness (QED) is 0.247. The smallest absolute Gasteiger partial charge is 0.345 e. The third-order valence-electron chi connectivity index (χ3n) is 0.787. The van der Waals surface area contributed by atoms with Crippen molar-refractivity contribution in [2.75, 3.05) is 0 Å². The van der Waals surface area contributed by atoms with Gasteiger partial charge in [0.2, 0.25) is 0 Å². The molecule has 0 saturated heterocycles. The number of allylic oxidation sites excluding steroid dienone is 1. The molecular weight excluding hydrogens is 122 g/mol. The van der Waals surface area contributed by atoms with Gasteiger partial charge in [-0.1, -0.05) is 0 Å². The Morgan fingerprint density at radius 2 is 2.00 bits per heavy atom. The zero-order chi connectivity index (χ0) is 7.44. The second-order valence-electron chi connectivity index (χ2n) is 1.47. The Balaban J connectivity index is 4.55. The molecule has 0 amide bonds. The third-order valence-corrected chi connectivity index (χ3v) is 0.787. The van der Waals surface area contributed by atoms with E-state index in [9.17, 15) is 4.79 Å². The first-order valence-electron chi connectivity index (χ1n) is 2.27. The van der Waals surface area contributed by atoms with E-state index in [4.69, 9.17) is 15.6 Å². The molecule has 0 radical (unpaired) electrons. The molecule has 4 nitrogen and oxygen atoms in total. The lowest BCUT2D eigenvalue weighted by atomic mass is 10.2. The summed E-state index contributed by atoms with van der Waals surface area (Å²) < 4.78 is 0. The molecule has 0 atom stereocenters. The minimum Gasteiger partial charge on any atom is -0.511 e. The van der Waals surface area contributed by atoms with Crippen molar-refractivity contribution in [2.24, 2.45) is 0 Å². The van der Waals surface area contributed by atoms with Crippen LogP contribution in [0.25, 0.3) is 0 Å². The van der Waals surface area contributed by atoms with Gasteiger partial charge in [-0.25, -0.2) is 4.79 Å². The molecule has 0 fully saturated rings. The van der Waals surface area contributed by atoms with Crippen LogP contribution in [-0.2, 0) is 4.79 Å². The molecule has 0 unspecified atom stereocenters. The number of carboxylic acid groups (broad SMARTS) is 1. The second-order valence-corrected chi connectivity index (χ2v) is 1.47. The van der Waals surface area contributed by atoms with Gasteiger partial charge in [0.05, 0.1) is 0 Å². The van der Waals surface area contributed by atoms with Gasteiger partial charge in [-0.05, 0) is 6.92 Å². The Morgan fingerprint density at radius 1 is 1.56 bits per heavy atom. The Morgan fingerprint density at radius 3 is 2.00 bits per heavy atom. The van der Waals surface area contributed by atoms with Crippen molar-refractivity contribution in [3.05, 3.63) is 11.3 Å². The van der Waals surface area contributed by atoms with Crippen LogP contribution < -0.4 is 5.41 Å².